The summed E-state index contributed by atoms with van der Waals surface area (Å²) in [5.74, 6) is -2.55. The summed E-state index contributed by atoms with van der Waals surface area (Å²) >= 11 is 0. The zero-order valence-electron chi connectivity index (χ0n) is 9.69. The van der Waals surface area contributed by atoms with Gasteiger partial charge in [-0.2, -0.15) is 13.2 Å². The van der Waals surface area contributed by atoms with Gasteiger partial charge in [-0.15, -0.1) is 0 Å². The number of hydrogen-bond donors (Lipinski definition) is 0. The molecule has 0 bridgehead atoms. The fourth-order valence-corrected chi connectivity index (χ4v) is 1.32. The highest BCUT2D eigenvalue weighted by Crippen LogP contribution is 2.28. The summed E-state index contributed by atoms with van der Waals surface area (Å²) in [6.07, 6.45) is -2.64. The van der Waals surface area contributed by atoms with E-state index < -0.39 is 17.8 Å². The van der Waals surface area contributed by atoms with Gasteiger partial charge in [0.15, 0.2) is 17.3 Å². The largest absolute Gasteiger partial charge is 0.451 e. The van der Waals surface area contributed by atoms with Crippen LogP contribution in [0.15, 0.2) is 30.6 Å². The molecule has 104 valence electrons. The molecule has 0 amide bonds. The summed E-state index contributed by atoms with van der Waals surface area (Å²) in [4.78, 5) is 16.6. The van der Waals surface area contributed by atoms with Crippen LogP contribution in [-0.2, 0) is 6.18 Å². The molecule has 0 spiro atoms. The standard InChI is InChI=1S/C12H6F4N2O2/c13-9-3-7(6-19)1-2-10(9)20-8-4-17-11(18-5-8)12(14,15)16/h1-6H. The fraction of sp³-hybridized carbons (Fsp3) is 0.0833. The van der Waals surface area contributed by atoms with Gasteiger partial charge in [-0.05, 0) is 18.2 Å². The van der Waals surface area contributed by atoms with Gasteiger partial charge < -0.3 is 4.74 Å². The summed E-state index contributed by atoms with van der Waals surface area (Å²) in [6.45, 7) is 0. The van der Waals surface area contributed by atoms with E-state index in [2.05, 4.69) is 9.97 Å². The Morgan fingerprint density at radius 3 is 2.30 bits per heavy atom. The first-order valence-corrected chi connectivity index (χ1v) is 5.22. The highest BCUT2D eigenvalue weighted by Gasteiger charge is 2.34. The molecule has 4 nitrogen and oxygen atoms in total. The van der Waals surface area contributed by atoms with Crippen LogP contribution in [0.1, 0.15) is 16.2 Å². The maximum absolute atomic E-state index is 13.5. The quantitative estimate of drug-likeness (QED) is 0.642. The number of benzene rings is 1. The first-order chi connectivity index (χ1) is 9.40. The molecule has 0 aliphatic rings. The van der Waals surface area contributed by atoms with Gasteiger partial charge in [0.25, 0.3) is 0 Å². The molecule has 20 heavy (non-hydrogen) atoms. The second-order valence-electron chi connectivity index (χ2n) is 3.65. The van der Waals surface area contributed by atoms with Gasteiger partial charge in [-0.3, -0.25) is 4.79 Å². The Hall–Kier alpha value is -2.51. The number of carbonyl (C=O) groups is 1. The predicted octanol–water partition coefficient (Wildman–Crippen LogP) is 3.24. The van der Waals surface area contributed by atoms with Crippen LogP contribution in [0.25, 0.3) is 0 Å². The molecule has 2 aromatic rings. The summed E-state index contributed by atoms with van der Waals surface area (Å²) in [7, 11) is 0. The lowest BCUT2D eigenvalue weighted by molar-refractivity contribution is -0.145. The zero-order chi connectivity index (χ0) is 14.8. The Labute approximate surface area is 110 Å². The van der Waals surface area contributed by atoms with Crippen LogP contribution < -0.4 is 4.74 Å². The van der Waals surface area contributed by atoms with Crippen molar-refractivity contribution in [3.8, 4) is 11.5 Å². The van der Waals surface area contributed by atoms with E-state index in [4.69, 9.17) is 4.74 Å². The van der Waals surface area contributed by atoms with Gasteiger partial charge in [0, 0.05) is 5.56 Å². The molecule has 0 saturated carbocycles. The molecule has 0 atom stereocenters. The Balaban J connectivity index is 2.20. The van der Waals surface area contributed by atoms with Crippen LogP contribution in [0.4, 0.5) is 17.6 Å². The van der Waals surface area contributed by atoms with Crippen LogP contribution >= 0.6 is 0 Å². The SMILES string of the molecule is O=Cc1ccc(Oc2cnc(C(F)(F)F)nc2)c(F)c1. The monoisotopic (exact) mass is 286 g/mol. The van der Waals surface area contributed by atoms with Crippen LogP contribution in [-0.4, -0.2) is 16.3 Å². The molecule has 0 aliphatic carbocycles. The van der Waals surface area contributed by atoms with Crippen LogP contribution in [0.2, 0.25) is 0 Å². The number of rotatable bonds is 3. The number of carbonyl (C=O) groups excluding carboxylic acids is 1. The van der Waals surface area contributed by atoms with E-state index in [0.717, 1.165) is 18.5 Å². The third-order valence-corrected chi connectivity index (χ3v) is 2.20. The Morgan fingerprint density at radius 1 is 1.15 bits per heavy atom. The number of hydrogen-bond acceptors (Lipinski definition) is 4. The lowest BCUT2D eigenvalue weighted by Crippen LogP contribution is -2.10. The highest BCUT2D eigenvalue weighted by molar-refractivity contribution is 5.75. The topological polar surface area (TPSA) is 52.1 Å². The lowest BCUT2D eigenvalue weighted by atomic mass is 10.2. The van der Waals surface area contributed by atoms with E-state index in [1.165, 1.54) is 12.1 Å². The fourth-order valence-electron chi connectivity index (χ4n) is 1.32. The minimum absolute atomic E-state index is 0.110. The summed E-state index contributed by atoms with van der Waals surface area (Å²) in [5.41, 5.74) is 0.110. The van der Waals surface area contributed by atoms with Gasteiger partial charge in [0.05, 0.1) is 12.4 Å². The predicted molar refractivity (Wildman–Crippen MR) is 58.9 cm³/mol. The van der Waals surface area contributed by atoms with Crippen molar-refractivity contribution in [2.24, 2.45) is 0 Å². The van der Waals surface area contributed by atoms with Gasteiger partial charge in [-0.25, -0.2) is 14.4 Å². The molecule has 0 fully saturated rings. The third-order valence-electron chi connectivity index (χ3n) is 2.20. The first kappa shape index (κ1) is 13.9. The van der Waals surface area contributed by atoms with Crippen LogP contribution in [0, 0.1) is 5.82 Å². The molecule has 0 aliphatic heterocycles. The molecule has 0 unspecified atom stereocenters. The van der Waals surface area contributed by atoms with Crippen LogP contribution in [0.5, 0.6) is 11.5 Å². The van der Waals surface area contributed by atoms with Crippen molar-refractivity contribution in [3.05, 3.63) is 47.8 Å². The van der Waals surface area contributed by atoms with Crippen molar-refractivity contribution < 1.29 is 27.1 Å². The van der Waals surface area contributed by atoms with Crippen LogP contribution in [0.3, 0.4) is 0 Å². The van der Waals surface area contributed by atoms with Crippen molar-refractivity contribution in [2.45, 2.75) is 6.18 Å². The second kappa shape index (κ2) is 5.24. The average molecular weight is 286 g/mol. The van der Waals surface area contributed by atoms with Gasteiger partial charge in [0.1, 0.15) is 6.29 Å². The number of aromatic nitrogens is 2. The number of alkyl halides is 3. The number of halogens is 4. The zero-order valence-corrected chi connectivity index (χ0v) is 9.69. The Bertz CT molecular complexity index is 626. The van der Waals surface area contributed by atoms with Crippen molar-refractivity contribution in [2.75, 3.05) is 0 Å². The summed E-state index contributed by atoms with van der Waals surface area (Å²) in [5, 5.41) is 0. The smallest absolute Gasteiger partial charge is 0.451 e. The van der Waals surface area contributed by atoms with Gasteiger partial charge >= 0.3 is 6.18 Å². The minimum Gasteiger partial charge on any atom is -0.451 e. The second-order valence-corrected chi connectivity index (χ2v) is 3.65. The maximum atomic E-state index is 13.5. The number of aldehydes is 1. The third kappa shape index (κ3) is 3.08. The van der Waals surface area contributed by atoms with Gasteiger partial charge in [0.2, 0.25) is 5.82 Å². The van der Waals surface area contributed by atoms with Crippen molar-refractivity contribution in [1.82, 2.24) is 9.97 Å². The molecular weight excluding hydrogens is 280 g/mol. The van der Waals surface area contributed by atoms with E-state index in [-0.39, 0.29) is 17.1 Å². The number of ether oxygens (including phenoxy) is 1. The van der Waals surface area contributed by atoms with Gasteiger partial charge in [-0.1, -0.05) is 0 Å². The Kier molecular flexibility index (Phi) is 3.64. The molecule has 1 heterocycles. The molecule has 2 rings (SSSR count). The lowest BCUT2D eigenvalue weighted by Gasteiger charge is -2.08. The number of nitrogens with zero attached hydrogens (tertiary/aromatic N) is 2. The molecule has 1 aromatic carbocycles. The average Bonchev–Trinajstić information content (AvgIpc) is 2.40. The molecule has 0 radical (unpaired) electrons. The molecule has 8 heteroatoms. The summed E-state index contributed by atoms with van der Waals surface area (Å²) < 4.78 is 55.2. The van der Waals surface area contributed by atoms with E-state index in [1.54, 1.807) is 0 Å². The molecule has 1 aromatic heterocycles. The minimum atomic E-state index is -4.66. The molecule has 0 N–H and O–H groups in total. The Morgan fingerprint density at radius 2 is 1.80 bits per heavy atom. The molecular formula is C12H6F4N2O2. The first-order valence-electron chi connectivity index (χ1n) is 5.22. The van der Waals surface area contributed by atoms with E-state index in [1.807, 2.05) is 0 Å². The van der Waals surface area contributed by atoms with E-state index in [0.29, 0.717) is 6.29 Å². The summed E-state index contributed by atoms with van der Waals surface area (Å²) in [6, 6.07) is 3.42. The van der Waals surface area contributed by atoms with Crippen molar-refractivity contribution >= 4 is 6.29 Å². The van der Waals surface area contributed by atoms with E-state index in [9.17, 15) is 22.4 Å². The normalized spacial score (nSPS) is 11.2. The molecule has 0 saturated heterocycles. The van der Waals surface area contributed by atoms with Crippen molar-refractivity contribution in [3.63, 3.8) is 0 Å². The van der Waals surface area contributed by atoms with E-state index >= 15 is 0 Å². The van der Waals surface area contributed by atoms with Crippen molar-refractivity contribution in [1.29, 1.82) is 0 Å². The highest BCUT2D eigenvalue weighted by atomic mass is 19.4. The maximum Gasteiger partial charge on any atom is 0.451 e.